The first-order valence-electron chi connectivity index (χ1n) is 12.2. The molecule has 32 heavy (non-hydrogen) atoms. The highest BCUT2D eigenvalue weighted by molar-refractivity contribution is 5.80. The lowest BCUT2D eigenvalue weighted by molar-refractivity contribution is 0.171. The van der Waals surface area contributed by atoms with Crippen molar-refractivity contribution in [1.82, 2.24) is 29.9 Å². The summed E-state index contributed by atoms with van der Waals surface area (Å²) in [6.45, 7) is 12.2. The summed E-state index contributed by atoms with van der Waals surface area (Å²) in [6, 6.07) is 9.69. The molecule has 7 nitrogen and oxygen atoms in total. The number of guanidine groups is 1. The van der Waals surface area contributed by atoms with Crippen LogP contribution in [0.3, 0.4) is 0 Å². The lowest BCUT2D eigenvalue weighted by atomic mass is 10.0. The standard InChI is InChI=1S/C25H39N7/c1-19(2)22-11-9-21(10-12-22)18-31-13-15-32(16-14-31)25(27-23-7-5-6-8-23)26-17-24-29-28-20(3)30(24)4/h9-12,19,23H,5-8,13-18H2,1-4H3,(H,26,27). The number of benzene rings is 1. The van der Waals surface area contributed by atoms with E-state index >= 15 is 0 Å². The fourth-order valence-electron chi connectivity index (χ4n) is 4.61. The van der Waals surface area contributed by atoms with E-state index < -0.39 is 0 Å². The number of nitrogens with one attached hydrogen (secondary N) is 1. The number of rotatable bonds is 6. The zero-order valence-electron chi connectivity index (χ0n) is 20.2. The lowest BCUT2D eigenvalue weighted by Gasteiger charge is -2.37. The minimum atomic E-state index is 0.549. The molecule has 0 radical (unpaired) electrons. The van der Waals surface area contributed by atoms with E-state index in [4.69, 9.17) is 4.99 Å². The highest BCUT2D eigenvalue weighted by atomic mass is 15.4. The van der Waals surface area contributed by atoms with Crippen LogP contribution in [-0.2, 0) is 20.1 Å². The zero-order chi connectivity index (χ0) is 22.5. The molecule has 1 aliphatic carbocycles. The number of aromatic nitrogens is 3. The predicted molar refractivity (Wildman–Crippen MR) is 130 cm³/mol. The molecule has 2 fully saturated rings. The zero-order valence-corrected chi connectivity index (χ0v) is 20.2. The average molecular weight is 438 g/mol. The Morgan fingerprint density at radius 2 is 1.75 bits per heavy atom. The molecule has 0 spiro atoms. The Kier molecular flexibility index (Phi) is 7.45. The van der Waals surface area contributed by atoms with Crippen LogP contribution in [0.1, 0.15) is 68.2 Å². The number of hydrogen-bond donors (Lipinski definition) is 1. The van der Waals surface area contributed by atoms with Crippen molar-refractivity contribution >= 4 is 5.96 Å². The van der Waals surface area contributed by atoms with Crippen LogP contribution < -0.4 is 5.32 Å². The molecule has 2 heterocycles. The fourth-order valence-corrected chi connectivity index (χ4v) is 4.61. The molecule has 0 atom stereocenters. The van der Waals surface area contributed by atoms with E-state index in [0.717, 1.165) is 50.3 Å². The lowest BCUT2D eigenvalue weighted by Crippen LogP contribution is -2.53. The van der Waals surface area contributed by atoms with Crippen LogP contribution in [0.4, 0.5) is 0 Å². The predicted octanol–water partition coefficient (Wildman–Crippen LogP) is 3.45. The molecule has 0 amide bonds. The third kappa shape index (κ3) is 5.68. The second kappa shape index (κ2) is 10.5. The van der Waals surface area contributed by atoms with Crippen molar-refractivity contribution in [3.63, 3.8) is 0 Å². The molecule has 1 saturated carbocycles. The van der Waals surface area contributed by atoms with Crippen LogP contribution in [0.15, 0.2) is 29.3 Å². The Labute approximate surface area is 192 Å². The summed E-state index contributed by atoms with van der Waals surface area (Å²) >= 11 is 0. The van der Waals surface area contributed by atoms with Gasteiger partial charge in [-0.15, -0.1) is 10.2 Å². The van der Waals surface area contributed by atoms with Gasteiger partial charge in [0, 0.05) is 45.8 Å². The molecule has 0 bridgehead atoms. The van der Waals surface area contributed by atoms with E-state index in [1.54, 1.807) is 0 Å². The maximum Gasteiger partial charge on any atom is 0.194 e. The highest BCUT2D eigenvalue weighted by Crippen LogP contribution is 2.19. The second-order valence-corrected chi connectivity index (χ2v) is 9.65. The molecule has 7 heteroatoms. The molecule has 1 aromatic heterocycles. The smallest absolute Gasteiger partial charge is 0.194 e. The Balaban J connectivity index is 1.36. The normalized spacial score (nSPS) is 18.7. The Morgan fingerprint density at radius 3 is 2.34 bits per heavy atom. The van der Waals surface area contributed by atoms with Gasteiger partial charge in [0.15, 0.2) is 11.8 Å². The summed E-state index contributed by atoms with van der Waals surface area (Å²) in [5.41, 5.74) is 2.81. The maximum atomic E-state index is 4.98. The summed E-state index contributed by atoms with van der Waals surface area (Å²) in [5.74, 6) is 3.47. The molecular formula is C25H39N7. The molecule has 1 aromatic carbocycles. The van der Waals surface area contributed by atoms with Crippen molar-refractivity contribution in [3.8, 4) is 0 Å². The Morgan fingerprint density at radius 1 is 1.06 bits per heavy atom. The minimum absolute atomic E-state index is 0.549. The van der Waals surface area contributed by atoms with Gasteiger partial charge in [-0.05, 0) is 36.8 Å². The third-order valence-corrected chi connectivity index (χ3v) is 6.97. The summed E-state index contributed by atoms with van der Waals surface area (Å²) in [6.07, 6.45) is 5.12. The van der Waals surface area contributed by atoms with Gasteiger partial charge in [-0.1, -0.05) is 51.0 Å². The number of hydrogen-bond acceptors (Lipinski definition) is 4. The van der Waals surface area contributed by atoms with Gasteiger partial charge in [0.25, 0.3) is 0 Å². The van der Waals surface area contributed by atoms with Crippen molar-refractivity contribution in [2.45, 2.75) is 71.5 Å². The van der Waals surface area contributed by atoms with Crippen molar-refractivity contribution in [1.29, 1.82) is 0 Å². The Bertz CT molecular complexity index is 886. The SMILES string of the molecule is Cc1nnc(CN=C(NC2CCCC2)N2CCN(Cc3ccc(C(C)C)cc3)CC2)n1C. The van der Waals surface area contributed by atoms with Gasteiger partial charge >= 0.3 is 0 Å². The molecule has 1 aliphatic heterocycles. The molecule has 4 rings (SSSR count). The molecule has 2 aromatic rings. The molecular weight excluding hydrogens is 398 g/mol. The largest absolute Gasteiger partial charge is 0.353 e. The molecule has 1 saturated heterocycles. The van der Waals surface area contributed by atoms with E-state index in [-0.39, 0.29) is 0 Å². The second-order valence-electron chi connectivity index (χ2n) is 9.65. The summed E-state index contributed by atoms with van der Waals surface area (Å²) in [4.78, 5) is 9.97. The third-order valence-electron chi connectivity index (χ3n) is 6.97. The topological polar surface area (TPSA) is 61.6 Å². The number of nitrogens with zero attached hydrogens (tertiary/aromatic N) is 6. The van der Waals surface area contributed by atoms with Crippen LogP contribution in [0, 0.1) is 6.92 Å². The van der Waals surface area contributed by atoms with Gasteiger partial charge in [-0.2, -0.15) is 0 Å². The molecule has 1 N–H and O–H groups in total. The van der Waals surface area contributed by atoms with E-state index in [0.29, 0.717) is 18.5 Å². The minimum Gasteiger partial charge on any atom is -0.353 e. The van der Waals surface area contributed by atoms with Crippen LogP contribution in [-0.4, -0.2) is 62.7 Å². The number of aliphatic imine (C=N–C) groups is 1. The molecule has 0 unspecified atom stereocenters. The Hall–Kier alpha value is -2.41. The van der Waals surface area contributed by atoms with Gasteiger partial charge in [-0.3, -0.25) is 4.90 Å². The fraction of sp³-hybridized carbons (Fsp3) is 0.640. The summed E-state index contributed by atoms with van der Waals surface area (Å²) in [7, 11) is 2.01. The van der Waals surface area contributed by atoms with E-state index in [1.165, 1.54) is 36.8 Å². The van der Waals surface area contributed by atoms with Crippen molar-refractivity contribution in [3.05, 3.63) is 47.0 Å². The van der Waals surface area contributed by atoms with Gasteiger partial charge in [0.1, 0.15) is 12.4 Å². The van der Waals surface area contributed by atoms with E-state index in [2.05, 4.69) is 63.4 Å². The first kappa shape index (κ1) is 22.8. The monoisotopic (exact) mass is 437 g/mol. The quantitative estimate of drug-likeness (QED) is 0.554. The van der Waals surface area contributed by atoms with Crippen LogP contribution >= 0.6 is 0 Å². The number of aryl methyl sites for hydroxylation is 1. The first-order valence-corrected chi connectivity index (χ1v) is 12.2. The average Bonchev–Trinajstić information content (AvgIpc) is 3.42. The van der Waals surface area contributed by atoms with Crippen LogP contribution in [0.2, 0.25) is 0 Å². The summed E-state index contributed by atoms with van der Waals surface area (Å²) in [5, 5.41) is 12.2. The van der Waals surface area contributed by atoms with E-state index in [1.807, 2.05) is 18.5 Å². The van der Waals surface area contributed by atoms with Crippen molar-refractivity contribution < 1.29 is 0 Å². The molecule has 174 valence electrons. The maximum absolute atomic E-state index is 4.98. The van der Waals surface area contributed by atoms with Gasteiger partial charge in [-0.25, -0.2) is 4.99 Å². The summed E-state index contributed by atoms with van der Waals surface area (Å²) < 4.78 is 2.03. The van der Waals surface area contributed by atoms with Crippen molar-refractivity contribution in [2.24, 2.45) is 12.0 Å². The van der Waals surface area contributed by atoms with Gasteiger partial charge < -0.3 is 14.8 Å². The van der Waals surface area contributed by atoms with Gasteiger partial charge in [0.2, 0.25) is 0 Å². The van der Waals surface area contributed by atoms with Crippen LogP contribution in [0.25, 0.3) is 0 Å². The van der Waals surface area contributed by atoms with Gasteiger partial charge in [0.05, 0.1) is 0 Å². The van der Waals surface area contributed by atoms with E-state index in [9.17, 15) is 0 Å². The van der Waals surface area contributed by atoms with Crippen LogP contribution in [0.5, 0.6) is 0 Å². The van der Waals surface area contributed by atoms with Crippen molar-refractivity contribution in [2.75, 3.05) is 26.2 Å². The highest BCUT2D eigenvalue weighted by Gasteiger charge is 2.23. The number of piperazine rings is 1. The first-order chi connectivity index (χ1) is 15.5. The molecule has 2 aliphatic rings.